The number of hydrogen-bond acceptors (Lipinski definition) is 5. The molecule has 3 aromatic carbocycles. The molecule has 0 heterocycles. The third kappa shape index (κ3) is 4.97. The number of carbonyl (C=O) groups is 2. The lowest BCUT2D eigenvalue weighted by molar-refractivity contribution is -0.384. The molecule has 0 aliphatic heterocycles. The number of nitrogens with one attached hydrogen (secondary N) is 1. The number of nitrogens with zero attached hydrogens (tertiary/aromatic N) is 1. The number of halogens is 1. The molecule has 1 amide bonds. The Labute approximate surface area is 171 Å². The van der Waals surface area contributed by atoms with Crippen LogP contribution in [0.1, 0.15) is 26.3 Å². The van der Waals surface area contributed by atoms with E-state index in [0.717, 1.165) is 11.6 Å². The molecule has 1 N–H and O–H groups in total. The van der Waals surface area contributed by atoms with Gasteiger partial charge in [-0.05, 0) is 55.5 Å². The zero-order valence-electron chi connectivity index (χ0n) is 15.2. The van der Waals surface area contributed by atoms with Gasteiger partial charge in [-0.2, -0.15) is 0 Å². The van der Waals surface area contributed by atoms with Gasteiger partial charge in [0.05, 0.1) is 10.5 Å². The quantitative estimate of drug-likeness (QED) is 0.275. The fourth-order valence-electron chi connectivity index (χ4n) is 2.46. The van der Waals surface area contributed by atoms with E-state index in [1.165, 1.54) is 36.4 Å². The zero-order chi connectivity index (χ0) is 21.0. The highest BCUT2D eigenvalue weighted by molar-refractivity contribution is 6.32. The van der Waals surface area contributed by atoms with Gasteiger partial charge in [-0.25, -0.2) is 4.79 Å². The van der Waals surface area contributed by atoms with Gasteiger partial charge in [0.2, 0.25) is 0 Å². The molecule has 8 heteroatoms. The Kier molecular flexibility index (Phi) is 5.90. The van der Waals surface area contributed by atoms with Gasteiger partial charge in [-0.15, -0.1) is 0 Å². The number of carbonyl (C=O) groups excluding carboxylic acids is 2. The molecule has 0 radical (unpaired) electrons. The second-order valence-electron chi connectivity index (χ2n) is 6.16. The number of hydrogen-bond donors (Lipinski definition) is 1. The molecule has 0 unspecified atom stereocenters. The summed E-state index contributed by atoms with van der Waals surface area (Å²) >= 11 is 5.74. The number of amides is 1. The Hall–Kier alpha value is -3.71. The fourth-order valence-corrected chi connectivity index (χ4v) is 2.65. The van der Waals surface area contributed by atoms with E-state index in [0.29, 0.717) is 11.3 Å². The maximum atomic E-state index is 12.3. The van der Waals surface area contributed by atoms with Crippen LogP contribution in [-0.2, 0) is 0 Å². The first-order valence-corrected chi connectivity index (χ1v) is 8.85. The molecule has 0 fully saturated rings. The number of anilines is 1. The summed E-state index contributed by atoms with van der Waals surface area (Å²) in [6.07, 6.45) is 0. The van der Waals surface area contributed by atoms with E-state index in [1.807, 2.05) is 19.1 Å². The Balaban J connectivity index is 1.68. The molecule has 3 aromatic rings. The molecule has 146 valence electrons. The van der Waals surface area contributed by atoms with Crippen molar-refractivity contribution in [1.82, 2.24) is 0 Å². The number of nitro benzene ring substituents is 1. The zero-order valence-corrected chi connectivity index (χ0v) is 16.0. The highest BCUT2D eigenvalue weighted by atomic mass is 35.5. The van der Waals surface area contributed by atoms with Crippen LogP contribution < -0.4 is 10.1 Å². The molecule has 0 spiro atoms. The fraction of sp³-hybridized carbons (Fsp3) is 0.0476. The molecule has 7 nitrogen and oxygen atoms in total. The van der Waals surface area contributed by atoms with Crippen molar-refractivity contribution in [1.29, 1.82) is 0 Å². The van der Waals surface area contributed by atoms with Crippen molar-refractivity contribution in [2.24, 2.45) is 0 Å². The Morgan fingerprint density at radius 3 is 2.21 bits per heavy atom. The maximum absolute atomic E-state index is 12.3. The largest absolute Gasteiger partial charge is 0.423 e. The second kappa shape index (κ2) is 8.53. The summed E-state index contributed by atoms with van der Waals surface area (Å²) in [6.45, 7) is 1.95. The van der Waals surface area contributed by atoms with E-state index in [4.69, 9.17) is 16.3 Å². The SMILES string of the molecule is Cc1ccc(NC(=O)c2ccc(OC(=O)c3ccc(Cl)c([N+](=O)[O-])c3)cc2)cc1. The van der Waals surface area contributed by atoms with Gasteiger partial charge in [0.25, 0.3) is 11.6 Å². The molecule has 0 saturated heterocycles. The second-order valence-corrected chi connectivity index (χ2v) is 6.56. The number of ether oxygens (including phenoxy) is 1. The summed E-state index contributed by atoms with van der Waals surface area (Å²) in [5.74, 6) is -0.888. The van der Waals surface area contributed by atoms with Crippen LogP contribution in [0.25, 0.3) is 0 Å². The van der Waals surface area contributed by atoms with Gasteiger partial charge in [0, 0.05) is 17.3 Å². The average molecular weight is 411 g/mol. The van der Waals surface area contributed by atoms with Gasteiger partial charge in [0.1, 0.15) is 10.8 Å². The Morgan fingerprint density at radius 2 is 1.59 bits per heavy atom. The van der Waals surface area contributed by atoms with Crippen molar-refractivity contribution in [3.63, 3.8) is 0 Å². The first-order valence-electron chi connectivity index (χ1n) is 8.48. The van der Waals surface area contributed by atoms with E-state index in [1.54, 1.807) is 12.1 Å². The summed E-state index contributed by atoms with van der Waals surface area (Å²) in [7, 11) is 0. The molecule has 0 aliphatic carbocycles. The monoisotopic (exact) mass is 410 g/mol. The Morgan fingerprint density at radius 1 is 0.966 bits per heavy atom. The van der Waals surface area contributed by atoms with Crippen LogP contribution in [0.4, 0.5) is 11.4 Å². The third-order valence-corrected chi connectivity index (χ3v) is 4.33. The van der Waals surface area contributed by atoms with Crippen LogP contribution in [0, 0.1) is 17.0 Å². The third-order valence-electron chi connectivity index (χ3n) is 4.02. The number of nitro groups is 1. The smallest absolute Gasteiger partial charge is 0.343 e. The lowest BCUT2D eigenvalue weighted by Crippen LogP contribution is -2.12. The number of rotatable bonds is 5. The average Bonchev–Trinajstić information content (AvgIpc) is 2.70. The molecule has 3 rings (SSSR count). The summed E-state index contributed by atoms with van der Waals surface area (Å²) in [6, 6.07) is 17.0. The normalized spacial score (nSPS) is 10.3. The van der Waals surface area contributed by atoms with Crippen LogP contribution in [0.5, 0.6) is 5.75 Å². The minimum atomic E-state index is -0.776. The standard InChI is InChI=1S/C21H15ClN2O5/c1-13-2-7-16(8-3-13)23-20(25)14-4-9-17(10-5-14)29-21(26)15-6-11-18(22)19(12-15)24(27)28/h2-12H,1H3,(H,23,25). The van der Waals surface area contributed by atoms with Crippen molar-refractivity contribution in [2.45, 2.75) is 6.92 Å². The van der Waals surface area contributed by atoms with Gasteiger partial charge in [-0.1, -0.05) is 29.3 Å². The summed E-state index contributed by atoms with van der Waals surface area (Å²) in [5, 5.41) is 13.6. The first-order chi connectivity index (χ1) is 13.8. The van der Waals surface area contributed by atoms with Gasteiger partial charge >= 0.3 is 5.97 Å². The summed E-state index contributed by atoms with van der Waals surface area (Å²) < 4.78 is 5.20. The van der Waals surface area contributed by atoms with E-state index in [-0.39, 0.29) is 27.9 Å². The van der Waals surface area contributed by atoms with Crippen molar-refractivity contribution in [3.05, 3.63) is 98.6 Å². The molecule has 0 aliphatic rings. The van der Waals surface area contributed by atoms with Crippen molar-refractivity contribution in [3.8, 4) is 5.75 Å². The summed E-state index contributed by atoms with van der Waals surface area (Å²) in [4.78, 5) is 34.8. The predicted octanol–water partition coefficient (Wildman–Crippen LogP) is 5.03. The first kappa shape index (κ1) is 20.0. The van der Waals surface area contributed by atoms with Crippen LogP contribution in [0.3, 0.4) is 0 Å². The maximum Gasteiger partial charge on any atom is 0.343 e. The van der Waals surface area contributed by atoms with E-state index in [2.05, 4.69) is 5.32 Å². The van der Waals surface area contributed by atoms with Crippen LogP contribution in [-0.4, -0.2) is 16.8 Å². The van der Waals surface area contributed by atoms with Gasteiger partial charge < -0.3 is 10.1 Å². The highest BCUT2D eigenvalue weighted by Gasteiger charge is 2.18. The van der Waals surface area contributed by atoms with Gasteiger partial charge in [-0.3, -0.25) is 14.9 Å². The van der Waals surface area contributed by atoms with Crippen LogP contribution in [0.15, 0.2) is 66.7 Å². The molecular formula is C21H15ClN2O5. The molecule has 0 atom stereocenters. The highest BCUT2D eigenvalue weighted by Crippen LogP contribution is 2.26. The number of aryl methyl sites for hydroxylation is 1. The summed E-state index contributed by atoms with van der Waals surface area (Å²) in [5.41, 5.74) is 1.74. The molecule has 0 saturated carbocycles. The van der Waals surface area contributed by atoms with Crippen molar-refractivity contribution in [2.75, 3.05) is 5.32 Å². The van der Waals surface area contributed by atoms with E-state index < -0.39 is 10.9 Å². The number of esters is 1. The minimum absolute atomic E-state index is 0.0118. The molecule has 0 bridgehead atoms. The minimum Gasteiger partial charge on any atom is -0.423 e. The lowest BCUT2D eigenvalue weighted by atomic mass is 10.2. The lowest BCUT2D eigenvalue weighted by Gasteiger charge is -2.08. The Bertz CT molecular complexity index is 1080. The van der Waals surface area contributed by atoms with Gasteiger partial charge in [0.15, 0.2) is 0 Å². The van der Waals surface area contributed by atoms with Crippen molar-refractivity contribution >= 4 is 34.9 Å². The molecule has 29 heavy (non-hydrogen) atoms. The van der Waals surface area contributed by atoms with E-state index >= 15 is 0 Å². The number of benzene rings is 3. The van der Waals surface area contributed by atoms with Crippen LogP contribution >= 0.6 is 11.6 Å². The predicted molar refractivity (Wildman–Crippen MR) is 109 cm³/mol. The van der Waals surface area contributed by atoms with Crippen LogP contribution in [0.2, 0.25) is 5.02 Å². The van der Waals surface area contributed by atoms with Crippen molar-refractivity contribution < 1.29 is 19.2 Å². The topological polar surface area (TPSA) is 98.5 Å². The molecular weight excluding hydrogens is 396 g/mol. The van der Waals surface area contributed by atoms with E-state index in [9.17, 15) is 19.7 Å². The molecule has 0 aromatic heterocycles.